The molecule has 1 rings (SSSR count). The van der Waals surface area contributed by atoms with Crippen LogP contribution in [0.4, 0.5) is 0 Å². The Hall–Kier alpha value is -1.17. The summed E-state index contributed by atoms with van der Waals surface area (Å²) in [4.78, 5) is 11.0. The van der Waals surface area contributed by atoms with Crippen molar-refractivity contribution in [1.82, 2.24) is 0 Å². The van der Waals surface area contributed by atoms with Gasteiger partial charge < -0.3 is 19.3 Å². The number of rotatable bonds is 17. The highest BCUT2D eigenvalue weighted by molar-refractivity contribution is 5.68. The summed E-state index contributed by atoms with van der Waals surface area (Å²) in [5, 5.41) is 10.3. The van der Waals surface area contributed by atoms with E-state index in [1.807, 2.05) is 6.92 Å². The number of aliphatic hydroxyl groups is 1. The van der Waals surface area contributed by atoms with Crippen LogP contribution >= 0.6 is 0 Å². The Morgan fingerprint density at radius 2 is 1.90 bits per heavy atom. The zero-order valence-electron chi connectivity index (χ0n) is 19.3. The van der Waals surface area contributed by atoms with Crippen molar-refractivity contribution in [2.75, 3.05) is 20.3 Å². The van der Waals surface area contributed by atoms with Gasteiger partial charge in [0.2, 0.25) is 0 Å². The fourth-order valence-corrected chi connectivity index (χ4v) is 3.55. The Labute approximate surface area is 183 Å². The predicted octanol–water partition coefficient (Wildman–Crippen LogP) is 5.86. The molecular weight excluding hydrogens is 380 g/mol. The molecule has 1 saturated heterocycles. The molecule has 1 aliphatic rings. The molecule has 1 fully saturated rings. The second kappa shape index (κ2) is 18.6. The highest BCUT2D eigenvalue weighted by atomic mass is 16.7. The van der Waals surface area contributed by atoms with Gasteiger partial charge in [-0.25, -0.2) is 0 Å². The van der Waals surface area contributed by atoms with Gasteiger partial charge in [-0.2, -0.15) is 0 Å². The van der Waals surface area contributed by atoms with Crippen LogP contribution in [0.5, 0.6) is 0 Å². The number of esters is 1. The standard InChI is InChI=1S/C25H44O5/c1-3-23(26)22(17-12-14-20-29-25-19-13-15-21-30-25)16-10-8-6-4-5-7-9-11-18-24(27)28-2/h8,10,17,23,25-26H,3-7,9,11-16,18-21H2,1-2H3/b10-8+,22-17-. The second-order valence-electron chi connectivity index (χ2n) is 8.07. The Morgan fingerprint density at radius 3 is 2.63 bits per heavy atom. The van der Waals surface area contributed by atoms with Gasteiger partial charge >= 0.3 is 5.97 Å². The minimum absolute atomic E-state index is 0.0146. The number of hydrogen-bond donors (Lipinski definition) is 1. The molecule has 0 spiro atoms. The van der Waals surface area contributed by atoms with E-state index in [4.69, 9.17) is 9.47 Å². The zero-order chi connectivity index (χ0) is 21.9. The SMILES string of the molecule is CCC(O)/C(=C\CCCOC1CCCCO1)C/C=C/CCCCCCCC(=O)OC. The lowest BCUT2D eigenvalue weighted by Crippen LogP contribution is -2.22. The molecule has 30 heavy (non-hydrogen) atoms. The molecule has 1 heterocycles. The lowest BCUT2D eigenvalue weighted by molar-refractivity contribution is -0.162. The first-order chi connectivity index (χ1) is 14.7. The van der Waals surface area contributed by atoms with Crippen LogP contribution in [-0.2, 0) is 19.0 Å². The maximum Gasteiger partial charge on any atom is 0.305 e. The third-order valence-corrected chi connectivity index (χ3v) is 5.51. The first-order valence-electron chi connectivity index (χ1n) is 12.0. The number of carbonyl (C=O) groups excluding carboxylic acids is 1. The summed E-state index contributed by atoms with van der Waals surface area (Å²) in [7, 11) is 1.44. The normalized spacial score (nSPS) is 18.6. The van der Waals surface area contributed by atoms with Gasteiger partial charge in [-0.1, -0.05) is 44.4 Å². The Balaban J connectivity index is 2.12. The molecule has 1 aliphatic heterocycles. The van der Waals surface area contributed by atoms with Crippen molar-refractivity contribution in [2.24, 2.45) is 0 Å². The molecule has 2 atom stereocenters. The van der Waals surface area contributed by atoms with E-state index in [1.165, 1.54) is 32.8 Å². The van der Waals surface area contributed by atoms with Crippen LogP contribution in [-0.4, -0.2) is 43.8 Å². The van der Waals surface area contributed by atoms with E-state index in [-0.39, 0.29) is 18.4 Å². The molecular formula is C25H44O5. The minimum Gasteiger partial charge on any atom is -0.469 e. The van der Waals surface area contributed by atoms with Crippen LogP contribution in [0.2, 0.25) is 0 Å². The summed E-state index contributed by atoms with van der Waals surface area (Å²) in [6.45, 7) is 3.55. The van der Waals surface area contributed by atoms with Gasteiger partial charge in [0, 0.05) is 13.0 Å². The van der Waals surface area contributed by atoms with Crippen molar-refractivity contribution in [3.63, 3.8) is 0 Å². The summed E-state index contributed by atoms with van der Waals surface area (Å²) >= 11 is 0. The topological polar surface area (TPSA) is 65.0 Å². The molecule has 0 saturated carbocycles. The molecule has 0 aromatic carbocycles. The summed E-state index contributed by atoms with van der Waals surface area (Å²) < 4.78 is 16.0. The quantitative estimate of drug-likeness (QED) is 0.180. The fraction of sp³-hybridized carbons (Fsp3) is 0.800. The third-order valence-electron chi connectivity index (χ3n) is 5.51. The van der Waals surface area contributed by atoms with Crippen LogP contribution < -0.4 is 0 Å². The van der Waals surface area contributed by atoms with E-state index in [0.717, 1.165) is 70.0 Å². The highest BCUT2D eigenvalue weighted by Crippen LogP contribution is 2.16. The Bertz CT molecular complexity index is 480. The molecule has 0 radical (unpaired) electrons. The number of allylic oxidation sites excluding steroid dienone is 3. The first kappa shape index (κ1) is 26.9. The predicted molar refractivity (Wildman–Crippen MR) is 121 cm³/mol. The second-order valence-corrected chi connectivity index (χ2v) is 8.07. The number of ether oxygens (including phenoxy) is 3. The van der Waals surface area contributed by atoms with Crippen LogP contribution in [0.25, 0.3) is 0 Å². The monoisotopic (exact) mass is 424 g/mol. The average molecular weight is 425 g/mol. The lowest BCUT2D eigenvalue weighted by atomic mass is 10.0. The minimum atomic E-state index is -0.355. The van der Waals surface area contributed by atoms with Crippen molar-refractivity contribution in [3.8, 4) is 0 Å². The molecule has 1 N–H and O–H groups in total. The highest BCUT2D eigenvalue weighted by Gasteiger charge is 2.13. The Kier molecular flexibility index (Phi) is 16.6. The number of aliphatic hydroxyl groups excluding tert-OH is 1. The fourth-order valence-electron chi connectivity index (χ4n) is 3.55. The molecule has 0 amide bonds. The largest absolute Gasteiger partial charge is 0.469 e. The van der Waals surface area contributed by atoms with Gasteiger partial charge in [0.25, 0.3) is 0 Å². The summed E-state index contributed by atoms with van der Waals surface area (Å²) in [5.74, 6) is -0.109. The molecule has 0 aromatic heterocycles. The van der Waals surface area contributed by atoms with Crippen molar-refractivity contribution >= 4 is 5.97 Å². The molecule has 0 bridgehead atoms. The van der Waals surface area contributed by atoms with Crippen molar-refractivity contribution in [2.45, 2.75) is 109 Å². The smallest absolute Gasteiger partial charge is 0.305 e. The number of methoxy groups -OCH3 is 1. The van der Waals surface area contributed by atoms with E-state index in [1.54, 1.807) is 0 Å². The molecule has 5 heteroatoms. The van der Waals surface area contributed by atoms with Crippen LogP contribution in [0.1, 0.15) is 96.8 Å². The van der Waals surface area contributed by atoms with Gasteiger partial charge in [-0.05, 0) is 69.8 Å². The van der Waals surface area contributed by atoms with Crippen LogP contribution in [0.3, 0.4) is 0 Å². The van der Waals surface area contributed by atoms with Gasteiger partial charge in [0.15, 0.2) is 6.29 Å². The van der Waals surface area contributed by atoms with Crippen LogP contribution in [0.15, 0.2) is 23.8 Å². The van der Waals surface area contributed by atoms with E-state index < -0.39 is 0 Å². The Morgan fingerprint density at radius 1 is 1.10 bits per heavy atom. The lowest BCUT2D eigenvalue weighted by Gasteiger charge is -2.22. The van der Waals surface area contributed by atoms with Gasteiger partial charge in [-0.15, -0.1) is 0 Å². The molecule has 2 unspecified atom stereocenters. The van der Waals surface area contributed by atoms with E-state index in [9.17, 15) is 9.90 Å². The van der Waals surface area contributed by atoms with Crippen molar-refractivity contribution < 1.29 is 24.1 Å². The van der Waals surface area contributed by atoms with Crippen molar-refractivity contribution in [3.05, 3.63) is 23.8 Å². The number of unbranched alkanes of at least 4 members (excludes halogenated alkanes) is 6. The maximum absolute atomic E-state index is 11.0. The van der Waals surface area contributed by atoms with Gasteiger partial charge in [0.1, 0.15) is 0 Å². The first-order valence-corrected chi connectivity index (χ1v) is 12.0. The summed E-state index contributed by atoms with van der Waals surface area (Å²) in [6.07, 6.45) is 20.2. The summed E-state index contributed by atoms with van der Waals surface area (Å²) in [6, 6.07) is 0. The average Bonchev–Trinajstić information content (AvgIpc) is 2.78. The number of hydrogen-bond acceptors (Lipinski definition) is 5. The van der Waals surface area contributed by atoms with E-state index in [0.29, 0.717) is 13.0 Å². The molecule has 0 aliphatic carbocycles. The van der Waals surface area contributed by atoms with E-state index >= 15 is 0 Å². The molecule has 174 valence electrons. The third kappa shape index (κ3) is 13.9. The molecule has 0 aromatic rings. The van der Waals surface area contributed by atoms with Gasteiger partial charge in [-0.3, -0.25) is 4.79 Å². The zero-order valence-corrected chi connectivity index (χ0v) is 19.3. The summed E-state index contributed by atoms with van der Waals surface area (Å²) in [5.41, 5.74) is 1.12. The van der Waals surface area contributed by atoms with E-state index in [2.05, 4.69) is 23.0 Å². The van der Waals surface area contributed by atoms with Crippen molar-refractivity contribution in [1.29, 1.82) is 0 Å². The number of carbonyl (C=O) groups is 1. The van der Waals surface area contributed by atoms with Crippen LogP contribution in [0, 0.1) is 0 Å². The molecule has 5 nitrogen and oxygen atoms in total. The van der Waals surface area contributed by atoms with Gasteiger partial charge in [0.05, 0.1) is 19.8 Å². The maximum atomic E-state index is 11.0.